The first-order valence-corrected chi connectivity index (χ1v) is 5.66. The van der Waals surface area contributed by atoms with E-state index in [0.717, 1.165) is 11.3 Å². The molecule has 0 aliphatic rings. The predicted molar refractivity (Wildman–Crippen MR) is 68.6 cm³/mol. The molecular weight excluding hydrogens is 248 g/mol. The molecule has 0 saturated carbocycles. The van der Waals surface area contributed by atoms with E-state index in [-0.39, 0.29) is 5.69 Å². The summed E-state index contributed by atoms with van der Waals surface area (Å²) in [6, 6.07) is 7.39. The fourth-order valence-electron chi connectivity index (χ4n) is 1.82. The minimum atomic E-state index is -0.573. The van der Waals surface area contributed by atoms with E-state index in [2.05, 4.69) is 14.7 Å². The number of imidazole rings is 1. The van der Waals surface area contributed by atoms with Crippen molar-refractivity contribution < 1.29 is 14.3 Å². The summed E-state index contributed by atoms with van der Waals surface area (Å²) in [5.74, 6) is 0.145. The quantitative estimate of drug-likeness (QED) is 0.808. The van der Waals surface area contributed by atoms with Gasteiger partial charge in [0.05, 0.1) is 19.9 Å². The predicted octanol–water partition coefficient (Wildman–Crippen LogP) is 1.09. The number of H-pyrrole nitrogens is 2. The second kappa shape index (κ2) is 5.43. The number of rotatable bonds is 4. The Morgan fingerprint density at radius 2 is 2.05 bits per heavy atom. The topological polar surface area (TPSA) is 84.2 Å². The molecule has 6 nitrogen and oxygen atoms in total. The first kappa shape index (κ1) is 12.9. The Morgan fingerprint density at radius 3 is 2.74 bits per heavy atom. The maximum atomic E-state index is 11.5. The molecule has 0 bridgehead atoms. The van der Waals surface area contributed by atoms with Crippen molar-refractivity contribution in [3.8, 4) is 5.75 Å². The standard InChI is InChI=1S/C13H14N2O4/c1-18-9-5-3-4-8(6-9)7-10-11(12(16)19-2)15-13(17)14-10/h3-6H,7H2,1-2H3,(H2,14,15,17). The van der Waals surface area contributed by atoms with Gasteiger partial charge in [-0.05, 0) is 17.7 Å². The van der Waals surface area contributed by atoms with Crippen LogP contribution in [0, 0.1) is 0 Å². The lowest BCUT2D eigenvalue weighted by Crippen LogP contribution is -2.07. The Balaban J connectivity index is 2.32. The first-order chi connectivity index (χ1) is 9.13. The molecule has 1 aromatic heterocycles. The van der Waals surface area contributed by atoms with Gasteiger partial charge in [-0.3, -0.25) is 4.98 Å². The van der Waals surface area contributed by atoms with E-state index < -0.39 is 11.7 Å². The van der Waals surface area contributed by atoms with Crippen LogP contribution in [0.2, 0.25) is 0 Å². The third-order valence-electron chi connectivity index (χ3n) is 2.71. The average molecular weight is 262 g/mol. The maximum Gasteiger partial charge on any atom is 0.356 e. The van der Waals surface area contributed by atoms with Crippen LogP contribution in [0.3, 0.4) is 0 Å². The number of methoxy groups -OCH3 is 2. The number of carbonyl (C=O) groups excluding carboxylic acids is 1. The van der Waals surface area contributed by atoms with Gasteiger partial charge in [-0.15, -0.1) is 0 Å². The van der Waals surface area contributed by atoms with Crippen molar-refractivity contribution in [1.29, 1.82) is 0 Å². The van der Waals surface area contributed by atoms with Crippen molar-refractivity contribution in [3.63, 3.8) is 0 Å². The Labute approximate surface area is 109 Å². The van der Waals surface area contributed by atoms with Crippen molar-refractivity contribution in [2.24, 2.45) is 0 Å². The van der Waals surface area contributed by atoms with Crippen molar-refractivity contribution in [1.82, 2.24) is 9.97 Å². The highest BCUT2D eigenvalue weighted by Crippen LogP contribution is 2.16. The highest BCUT2D eigenvalue weighted by molar-refractivity contribution is 5.88. The number of carbonyl (C=O) groups is 1. The van der Waals surface area contributed by atoms with Crippen LogP contribution >= 0.6 is 0 Å². The van der Waals surface area contributed by atoms with Crippen LogP contribution in [-0.4, -0.2) is 30.2 Å². The number of nitrogens with one attached hydrogen (secondary N) is 2. The van der Waals surface area contributed by atoms with Gasteiger partial charge in [0, 0.05) is 6.42 Å². The van der Waals surface area contributed by atoms with Crippen LogP contribution in [0.25, 0.3) is 0 Å². The SMILES string of the molecule is COC(=O)c1[nH]c(=O)[nH]c1Cc1cccc(OC)c1. The van der Waals surface area contributed by atoms with E-state index in [1.165, 1.54) is 7.11 Å². The van der Waals surface area contributed by atoms with E-state index in [1.54, 1.807) is 7.11 Å². The number of aromatic nitrogens is 2. The zero-order chi connectivity index (χ0) is 13.8. The molecule has 6 heteroatoms. The number of aromatic amines is 2. The lowest BCUT2D eigenvalue weighted by Gasteiger charge is -2.04. The third kappa shape index (κ3) is 2.85. The number of esters is 1. The van der Waals surface area contributed by atoms with Gasteiger partial charge >= 0.3 is 11.7 Å². The Morgan fingerprint density at radius 1 is 1.26 bits per heavy atom. The van der Waals surface area contributed by atoms with E-state index in [1.807, 2.05) is 24.3 Å². The van der Waals surface area contributed by atoms with Crippen LogP contribution < -0.4 is 10.4 Å². The minimum absolute atomic E-state index is 0.148. The van der Waals surface area contributed by atoms with Crippen molar-refractivity contribution in [2.75, 3.05) is 14.2 Å². The van der Waals surface area contributed by atoms with Gasteiger partial charge < -0.3 is 14.5 Å². The normalized spacial score (nSPS) is 10.2. The summed E-state index contributed by atoms with van der Waals surface area (Å²) in [7, 11) is 2.85. The largest absolute Gasteiger partial charge is 0.497 e. The van der Waals surface area contributed by atoms with Gasteiger partial charge in [0.2, 0.25) is 0 Å². The fraction of sp³-hybridized carbons (Fsp3) is 0.231. The van der Waals surface area contributed by atoms with Crippen LogP contribution in [0.1, 0.15) is 21.7 Å². The summed E-state index contributed by atoms with van der Waals surface area (Å²) in [6.07, 6.45) is 0.403. The van der Waals surface area contributed by atoms with Gasteiger partial charge in [-0.1, -0.05) is 12.1 Å². The number of hydrogen-bond donors (Lipinski definition) is 2. The van der Waals surface area contributed by atoms with Crippen LogP contribution in [0.15, 0.2) is 29.1 Å². The Kier molecular flexibility index (Phi) is 3.70. The monoisotopic (exact) mass is 262 g/mol. The van der Waals surface area contributed by atoms with Crippen LogP contribution in [0.5, 0.6) is 5.75 Å². The van der Waals surface area contributed by atoms with E-state index in [0.29, 0.717) is 12.1 Å². The van der Waals surface area contributed by atoms with Gasteiger partial charge in [-0.25, -0.2) is 9.59 Å². The second-order valence-electron chi connectivity index (χ2n) is 3.95. The van der Waals surface area contributed by atoms with Crippen LogP contribution in [-0.2, 0) is 11.2 Å². The fourth-order valence-corrected chi connectivity index (χ4v) is 1.82. The molecule has 0 saturated heterocycles. The van der Waals surface area contributed by atoms with Crippen molar-refractivity contribution in [3.05, 3.63) is 51.7 Å². The van der Waals surface area contributed by atoms with Gasteiger partial charge in [-0.2, -0.15) is 0 Å². The Hall–Kier alpha value is -2.50. The molecule has 0 aliphatic heterocycles. The minimum Gasteiger partial charge on any atom is -0.497 e. The molecule has 100 valence electrons. The van der Waals surface area contributed by atoms with E-state index in [9.17, 15) is 9.59 Å². The second-order valence-corrected chi connectivity index (χ2v) is 3.95. The number of hydrogen-bond acceptors (Lipinski definition) is 4. The highest BCUT2D eigenvalue weighted by Gasteiger charge is 2.16. The molecule has 0 amide bonds. The molecule has 0 unspecified atom stereocenters. The lowest BCUT2D eigenvalue weighted by atomic mass is 10.1. The van der Waals surface area contributed by atoms with Gasteiger partial charge in [0.25, 0.3) is 0 Å². The maximum absolute atomic E-state index is 11.5. The zero-order valence-electron chi connectivity index (χ0n) is 10.6. The smallest absolute Gasteiger partial charge is 0.356 e. The molecule has 0 atom stereocenters. The lowest BCUT2D eigenvalue weighted by molar-refractivity contribution is 0.0593. The molecule has 1 heterocycles. The molecule has 0 fully saturated rings. The average Bonchev–Trinajstić information content (AvgIpc) is 2.79. The van der Waals surface area contributed by atoms with Crippen LogP contribution in [0.4, 0.5) is 0 Å². The summed E-state index contributed by atoms with van der Waals surface area (Å²) in [6.45, 7) is 0. The van der Waals surface area contributed by atoms with Gasteiger partial charge in [0.1, 0.15) is 11.4 Å². The van der Waals surface area contributed by atoms with Crippen molar-refractivity contribution >= 4 is 5.97 Å². The first-order valence-electron chi connectivity index (χ1n) is 5.66. The molecule has 2 rings (SSSR count). The van der Waals surface area contributed by atoms with E-state index >= 15 is 0 Å². The van der Waals surface area contributed by atoms with Crippen molar-refractivity contribution in [2.45, 2.75) is 6.42 Å². The molecular formula is C13H14N2O4. The molecule has 2 aromatic rings. The number of benzene rings is 1. The summed E-state index contributed by atoms with van der Waals surface area (Å²) in [5.41, 5.74) is 1.12. The summed E-state index contributed by atoms with van der Waals surface area (Å²) in [4.78, 5) is 27.8. The highest BCUT2D eigenvalue weighted by atomic mass is 16.5. The molecule has 1 aromatic carbocycles. The number of ether oxygens (including phenoxy) is 2. The van der Waals surface area contributed by atoms with E-state index in [4.69, 9.17) is 4.74 Å². The summed E-state index contributed by atoms with van der Waals surface area (Å²) in [5, 5.41) is 0. The van der Waals surface area contributed by atoms with Gasteiger partial charge in [0.15, 0.2) is 0 Å². The molecule has 2 N–H and O–H groups in total. The molecule has 0 radical (unpaired) electrons. The third-order valence-corrected chi connectivity index (χ3v) is 2.71. The summed E-state index contributed by atoms with van der Waals surface area (Å²) < 4.78 is 9.74. The summed E-state index contributed by atoms with van der Waals surface area (Å²) >= 11 is 0. The Bertz CT molecular complexity index is 642. The molecule has 0 spiro atoms. The molecule has 0 aliphatic carbocycles. The zero-order valence-corrected chi connectivity index (χ0v) is 10.6. The molecule has 19 heavy (non-hydrogen) atoms.